The van der Waals surface area contributed by atoms with Crippen molar-refractivity contribution in [3.8, 4) is 0 Å². The zero-order valence-corrected chi connectivity index (χ0v) is 12.6. The molecule has 0 atom stereocenters. The third-order valence-corrected chi connectivity index (χ3v) is 4.47. The van der Waals surface area contributed by atoms with E-state index >= 15 is 0 Å². The molecule has 0 radical (unpaired) electrons. The van der Waals surface area contributed by atoms with Crippen molar-refractivity contribution in [3.63, 3.8) is 0 Å². The SMILES string of the molecule is CC(=O)N1CCc2cccc(NCc3cnc(Cl)s3)c21. The average Bonchev–Trinajstić information content (AvgIpc) is 3.02. The fourth-order valence-electron chi connectivity index (χ4n) is 2.46. The van der Waals surface area contributed by atoms with Crippen LogP contribution >= 0.6 is 22.9 Å². The Kier molecular flexibility index (Phi) is 3.63. The number of hydrogen-bond acceptors (Lipinski definition) is 4. The largest absolute Gasteiger partial charge is 0.378 e. The van der Waals surface area contributed by atoms with E-state index in [0.717, 1.165) is 29.2 Å². The van der Waals surface area contributed by atoms with Gasteiger partial charge in [-0.15, -0.1) is 11.3 Å². The van der Waals surface area contributed by atoms with E-state index in [-0.39, 0.29) is 5.91 Å². The van der Waals surface area contributed by atoms with Crippen molar-refractivity contribution in [3.05, 3.63) is 39.3 Å². The van der Waals surface area contributed by atoms with E-state index in [2.05, 4.69) is 16.4 Å². The first-order chi connectivity index (χ1) is 9.65. The normalized spacial score (nSPS) is 13.4. The second kappa shape index (κ2) is 5.42. The van der Waals surface area contributed by atoms with Crippen molar-refractivity contribution < 1.29 is 4.79 Å². The summed E-state index contributed by atoms with van der Waals surface area (Å²) in [5.41, 5.74) is 3.21. The molecular formula is C14H14ClN3OS. The molecule has 1 aromatic carbocycles. The van der Waals surface area contributed by atoms with Gasteiger partial charge in [0.2, 0.25) is 5.91 Å². The Morgan fingerprint density at radius 2 is 2.40 bits per heavy atom. The van der Waals surface area contributed by atoms with Crippen molar-refractivity contribution in [2.24, 2.45) is 0 Å². The first-order valence-corrected chi connectivity index (χ1v) is 7.58. The summed E-state index contributed by atoms with van der Waals surface area (Å²) in [5, 5.41) is 3.38. The van der Waals surface area contributed by atoms with Gasteiger partial charge in [0.25, 0.3) is 0 Å². The van der Waals surface area contributed by atoms with Gasteiger partial charge >= 0.3 is 0 Å². The molecule has 104 valence electrons. The van der Waals surface area contributed by atoms with Crippen molar-refractivity contribution >= 4 is 40.2 Å². The molecule has 1 amide bonds. The van der Waals surface area contributed by atoms with E-state index in [1.54, 1.807) is 13.1 Å². The van der Waals surface area contributed by atoms with E-state index in [1.807, 2.05) is 17.0 Å². The van der Waals surface area contributed by atoms with E-state index in [0.29, 0.717) is 11.0 Å². The summed E-state index contributed by atoms with van der Waals surface area (Å²) in [6.07, 6.45) is 2.68. The molecule has 2 heterocycles. The number of nitrogens with zero attached hydrogens (tertiary/aromatic N) is 2. The van der Waals surface area contributed by atoms with Gasteiger partial charge in [0.05, 0.1) is 17.9 Å². The average molecular weight is 308 g/mol. The standard InChI is InChI=1S/C14H14ClN3OS/c1-9(19)18-6-5-10-3-2-4-12(13(10)18)16-7-11-8-17-14(15)20-11/h2-4,8,16H,5-7H2,1H3. The minimum absolute atomic E-state index is 0.0823. The predicted molar refractivity (Wildman–Crippen MR) is 82.6 cm³/mol. The Bertz CT molecular complexity index is 656. The van der Waals surface area contributed by atoms with Crippen LogP contribution in [0.4, 0.5) is 11.4 Å². The Morgan fingerprint density at radius 3 is 3.10 bits per heavy atom. The maximum atomic E-state index is 11.7. The predicted octanol–water partition coefficient (Wildman–Crippen LogP) is 3.32. The number of aromatic nitrogens is 1. The lowest BCUT2D eigenvalue weighted by Crippen LogP contribution is -2.26. The number of amides is 1. The van der Waals surface area contributed by atoms with Crippen LogP contribution in [0.15, 0.2) is 24.4 Å². The molecule has 1 aromatic heterocycles. The molecule has 0 saturated carbocycles. The minimum Gasteiger partial charge on any atom is -0.378 e. The molecule has 0 fully saturated rings. The van der Waals surface area contributed by atoms with Gasteiger partial charge < -0.3 is 10.2 Å². The summed E-state index contributed by atoms with van der Waals surface area (Å²) in [5.74, 6) is 0.0823. The summed E-state index contributed by atoms with van der Waals surface area (Å²) in [6, 6.07) is 6.10. The van der Waals surface area contributed by atoms with E-state index in [4.69, 9.17) is 11.6 Å². The zero-order chi connectivity index (χ0) is 14.1. The van der Waals surface area contributed by atoms with Crippen LogP contribution in [0, 0.1) is 0 Å². The molecule has 20 heavy (non-hydrogen) atoms. The topological polar surface area (TPSA) is 45.2 Å². The van der Waals surface area contributed by atoms with Crippen molar-refractivity contribution in [1.29, 1.82) is 0 Å². The minimum atomic E-state index is 0.0823. The molecule has 2 aromatic rings. The van der Waals surface area contributed by atoms with Gasteiger partial charge in [-0.2, -0.15) is 0 Å². The number of thiazole rings is 1. The number of carbonyl (C=O) groups is 1. The quantitative estimate of drug-likeness (QED) is 0.946. The van der Waals surface area contributed by atoms with Crippen molar-refractivity contribution in [1.82, 2.24) is 4.98 Å². The Labute approximate surface area is 126 Å². The number of anilines is 2. The maximum Gasteiger partial charge on any atom is 0.223 e. The molecule has 0 unspecified atom stereocenters. The second-order valence-electron chi connectivity index (χ2n) is 4.67. The van der Waals surface area contributed by atoms with Gasteiger partial charge in [0.1, 0.15) is 0 Å². The maximum absolute atomic E-state index is 11.7. The molecule has 0 bridgehead atoms. The molecule has 4 nitrogen and oxygen atoms in total. The van der Waals surface area contributed by atoms with Crippen LogP contribution in [0.2, 0.25) is 4.47 Å². The summed E-state index contributed by atoms with van der Waals surface area (Å²) in [4.78, 5) is 18.6. The smallest absolute Gasteiger partial charge is 0.223 e. The van der Waals surface area contributed by atoms with E-state index < -0.39 is 0 Å². The van der Waals surface area contributed by atoms with E-state index in [9.17, 15) is 4.79 Å². The molecule has 1 aliphatic rings. The van der Waals surface area contributed by atoms with Gasteiger partial charge in [0.15, 0.2) is 4.47 Å². The summed E-state index contributed by atoms with van der Waals surface area (Å²) in [6.45, 7) is 3.02. The molecule has 1 aliphatic heterocycles. The van der Waals surface area contributed by atoms with Gasteiger partial charge in [-0.3, -0.25) is 4.79 Å². The first-order valence-electron chi connectivity index (χ1n) is 6.39. The van der Waals surface area contributed by atoms with Crippen LogP contribution in [-0.4, -0.2) is 17.4 Å². The summed E-state index contributed by atoms with van der Waals surface area (Å²) < 4.78 is 0.547. The third kappa shape index (κ3) is 2.51. The molecule has 0 saturated heterocycles. The molecular weight excluding hydrogens is 294 g/mol. The number of para-hydroxylation sites is 1. The molecule has 1 N–H and O–H groups in total. The lowest BCUT2D eigenvalue weighted by Gasteiger charge is -2.19. The lowest BCUT2D eigenvalue weighted by molar-refractivity contribution is -0.116. The van der Waals surface area contributed by atoms with Crippen LogP contribution in [-0.2, 0) is 17.8 Å². The molecule has 6 heteroatoms. The van der Waals surface area contributed by atoms with Gasteiger partial charge in [-0.25, -0.2) is 4.98 Å². The summed E-state index contributed by atoms with van der Waals surface area (Å²) >= 11 is 7.29. The van der Waals surface area contributed by atoms with Crippen molar-refractivity contribution in [2.75, 3.05) is 16.8 Å². The number of rotatable bonds is 3. The monoisotopic (exact) mass is 307 g/mol. The Hall–Kier alpha value is -1.59. The number of nitrogens with one attached hydrogen (secondary N) is 1. The Morgan fingerprint density at radius 1 is 1.55 bits per heavy atom. The second-order valence-corrected chi connectivity index (χ2v) is 6.36. The molecule has 3 rings (SSSR count). The van der Waals surface area contributed by atoms with Crippen LogP contribution in [0.1, 0.15) is 17.4 Å². The van der Waals surface area contributed by atoms with Crippen LogP contribution in [0.3, 0.4) is 0 Å². The highest BCUT2D eigenvalue weighted by molar-refractivity contribution is 7.15. The number of fused-ring (bicyclic) bond motifs is 1. The number of carbonyl (C=O) groups excluding carboxylic acids is 1. The zero-order valence-electron chi connectivity index (χ0n) is 11.0. The van der Waals surface area contributed by atoms with Gasteiger partial charge in [-0.05, 0) is 18.1 Å². The summed E-state index contributed by atoms with van der Waals surface area (Å²) in [7, 11) is 0. The first kappa shape index (κ1) is 13.4. The highest BCUT2D eigenvalue weighted by Crippen LogP contribution is 2.36. The lowest BCUT2D eigenvalue weighted by atomic mass is 10.1. The number of halogens is 1. The highest BCUT2D eigenvalue weighted by Gasteiger charge is 2.24. The van der Waals surface area contributed by atoms with Gasteiger partial charge in [-0.1, -0.05) is 23.7 Å². The van der Waals surface area contributed by atoms with E-state index in [1.165, 1.54) is 16.9 Å². The molecule has 0 aliphatic carbocycles. The fourth-order valence-corrected chi connectivity index (χ4v) is 3.38. The van der Waals surface area contributed by atoms with Crippen molar-refractivity contribution in [2.45, 2.75) is 19.9 Å². The van der Waals surface area contributed by atoms with Crippen LogP contribution in [0.5, 0.6) is 0 Å². The third-order valence-electron chi connectivity index (χ3n) is 3.35. The van der Waals surface area contributed by atoms with Gasteiger partial charge in [0, 0.05) is 24.5 Å². The fraction of sp³-hybridized carbons (Fsp3) is 0.286. The number of hydrogen-bond donors (Lipinski definition) is 1. The number of benzene rings is 1. The van der Waals surface area contributed by atoms with Crippen LogP contribution in [0.25, 0.3) is 0 Å². The van der Waals surface area contributed by atoms with Crippen LogP contribution < -0.4 is 10.2 Å². The Balaban J connectivity index is 1.84. The molecule has 0 spiro atoms. The highest BCUT2D eigenvalue weighted by atomic mass is 35.5.